The van der Waals surface area contributed by atoms with Crippen molar-refractivity contribution in [3.63, 3.8) is 0 Å². The molecule has 2 heteroatoms. The van der Waals surface area contributed by atoms with Crippen molar-refractivity contribution in [2.24, 2.45) is 5.41 Å². The van der Waals surface area contributed by atoms with Crippen LogP contribution in [0.1, 0.15) is 45.7 Å². The van der Waals surface area contributed by atoms with Crippen LogP contribution in [0.15, 0.2) is 36.4 Å². The average molecular weight is 271 g/mol. The van der Waals surface area contributed by atoms with Crippen LogP contribution < -0.4 is 5.32 Å². The van der Waals surface area contributed by atoms with Crippen LogP contribution in [0.3, 0.4) is 0 Å². The molecule has 2 aromatic carbocycles. The molecule has 0 saturated carbocycles. The quantitative estimate of drug-likeness (QED) is 0.849. The van der Waals surface area contributed by atoms with Crippen LogP contribution in [0.4, 0.5) is 0 Å². The van der Waals surface area contributed by atoms with E-state index < -0.39 is 0 Å². The van der Waals surface area contributed by atoms with Crippen LogP contribution >= 0.6 is 0 Å². The lowest BCUT2D eigenvalue weighted by atomic mass is 9.92. The molecule has 0 aliphatic carbocycles. The van der Waals surface area contributed by atoms with E-state index in [9.17, 15) is 5.11 Å². The maximum absolute atomic E-state index is 10.4. The van der Waals surface area contributed by atoms with E-state index in [-0.39, 0.29) is 6.04 Å². The SMILES string of the molecule is CC(NCCC(C)(C)C)c1ccc2ccccc2c1O. The van der Waals surface area contributed by atoms with Gasteiger partial charge in [-0.15, -0.1) is 0 Å². The Balaban J connectivity index is 2.14. The minimum absolute atomic E-state index is 0.155. The van der Waals surface area contributed by atoms with E-state index in [0.29, 0.717) is 11.2 Å². The number of fused-ring (bicyclic) bond motifs is 1. The van der Waals surface area contributed by atoms with E-state index in [2.05, 4.69) is 39.1 Å². The summed E-state index contributed by atoms with van der Waals surface area (Å²) >= 11 is 0. The largest absolute Gasteiger partial charge is 0.507 e. The molecule has 0 aromatic heterocycles. The summed E-state index contributed by atoms with van der Waals surface area (Å²) in [5.74, 6) is 0.402. The topological polar surface area (TPSA) is 32.3 Å². The molecule has 2 N–H and O–H groups in total. The first-order valence-electron chi connectivity index (χ1n) is 7.32. The van der Waals surface area contributed by atoms with Gasteiger partial charge < -0.3 is 10.4 Å². The number of hydrogen-bond acceptors (Lipinski definition) is 2. The zero-order valence-corrected chi connectivity index (χ0v) is 12.9. The second kappa shape index (κ2) is 5.84. The Morgan fingerprint density at radius 1 is 1.10 bits per heavy atom. The molecule has 2 aromatic rings. The van der Waals surface area contributed by atoms with E-state index in [1.54, 1.807) is 0 Å². The van der Waals surface area contributed by atoms with Crippen LogP contribution in [0.5, 0.6) is 5.75 Å². The lowest BCUT2D eigenvalue weighted by Gasteiger charge is -2.21. The molecule has 0 fully saturated rings. The molecule has 0 heterocycles. The summed E-state index contributed by atoms with van der Waals surface area (Å²) < 4.78 is 0. The van der Waals surface area contributed by atoms with Crippen molar-refractivity contribution >= 4 is 10.8 Å². The molecule has 1 atom stereocenters. The molecule has 0 amide bonds. The fourth-order valence-corrected chi connectivity index (χ4v) is 2.40. The van der Waals surface area contributed by atoms with Crippen molar-refractivity contribution < 1.29 is 5.11 Å². The summed E-state index contributed by atoms with van der Waals surface area (Å²) in [6.45, 7) is 9.79. The van der Waals surface area contributed by atoms with E-state index in [1.807, 2.05) is 30.3 Å². The maximum atomic E-state index is 10.4. The third-order valence-corrected chi connectivity index (χ3v) is 3.72. The fraction of sp³-hybridized carbons (Fsp3) is 0.444. The normalized spacial score (nSPS) is 13.6. The average Bonchev–Trinajstić information content (AvgIpc) is 2.38. The van der Waals surface area contributed by atoms with Crippen LogP contribution in [-0.4, -0.2) is 11.7 Å². The predicted octanol–water partition coefficient (Wildman–Crippen LogP) is 4.63. The molecule has 0 saturated heterocycles. The second-order valence-corrected chi connectivity index (χ2v) is 6.71. The highest BCUT2D eigenvalue weighted by atomic mass is 16.3. The Kier molecular flexibility index (Phi) is 4.34. The van der Waals surface area contributed by atoms with Gasteiger partial charge in [0.2, 0.25) is 0 Å². The van der Waals surface area contributed by atoms with E-state index >= 15 is 0 Å². The molecule has 0 aliphatic rings. The first kappa shape index (κ1) is 14.9. The Morgan fingerprint density at radius 3 is 2.50 bits per heavy atom. The Bertz CT molecular complexity index is 583. The third-order valence-electron chi connectivity index (χ3n) is 3.72. The van der Waals surface area contributed by atoms with Gasteiger partial charge in [0.1, 0.15) is 5.75 Å². The van der Waals surface area contributed by atoms with Crippen molar-refractivity contribution in [1.29, 1.82) is 0 Å². The van der Waals surface area contributed by atoms with Crippen molar-refractivity contribution in [2.45, 2.75) is 40.2 Å². The van der Waals surface area contributed by atoms with Gasteiger partial charge in [-0.3, -0.25) is 0 Å². The van der Waals surface area contributed by atoms with Gasteiger partial charge in [0, 0.05) is 17.0 Å². The van der Waals surface area contributed by atoms with Gasteiger partial charge in [-0.2, -0.15) is 0 Å². The van der Waals surface area contributed by atoms with Gasteiger partial charge in [0.25, 0.3) is 0 Å². The lowest BCUT2D eigenvalue weighted by molar-refractivity contribution is 0.356. The smallest absolute Gasteiger partial charge is 0.128 e. The zero-order chi connectivity index (χ0) is 14.8. The predicted molar refractivity (Wildman–Crippen MR) is 86.1 cm³/mol. The Hall–Kier alpha value is -1.54. The number of phenolic OH excluding ortho intramolecular Hbond substituents is 1. The Morgan fingerprint density at radius 2 is 1.80 bits per heavy atom. The highest BCUT2D eigenvalue weighted by Gasteiger charge is 2.14. The van der Waals surface area contributed by atoms with Gasteiger partial charge in [-0.05, 0) is 30.7 Å². The minimum Gasteiger partial charge on any atom is -0.507 e. The highest BCUT2D eigenvalue weighted by molar-refractivity contribution is 5.89. The van der Waals surface area contributed by atoms with Gasteiger partial charge in [0.15, 0.2) is 0 Å². The minimum atomic E-state index is 0.155. The first-order valence-corrected chi connectivity index (χ1v) is 7.32. The van der Waals surface area contributed by atoms with E-state index in [1.165, 1.54) is 0 Å². The lowest BCUT2D eigenvalue weighted by Crippen LogP contribution is -2.23. The Labute approximate surface area is 121 Å². The molecule has 0 bridgehead atoms. The molecular weight excluding hydrogens is 246 g/mol. The fourth-order valence-electron chi connectivity index (χ4n) is 2.40. The van der Waals surface area contributed by atoms with Crippen LogP contribution in [-0.2, 0) is 0 Å². The summed E-state index contributed by atoms with van der Waals surface area (Å²) in [6.07, 6.45) is 1.12. The van der Waals surface area contributed by atoms with Gasteiger partial charge in [0.05, 0.1) is 0 Å². The summed E-state index contributed by atoms with van der Waals surface area (Å²) in [7, 11) is 0. The molecule has 0 spiro atoms. The number of aromatic hydroxyl groups is 1. The molecule has 1 unspecified atom stereocenters. The zero-order valence-electron chi connectivity index (χ0n) is 12.9. The molecule has 20 heavy (non-hydrogen) atoms. The third kappa shape index (κ3) is 3.51. The standard InChI is InChI=1S/C18H25NO/c1-13(19-12-11-18(2,3)4)15-10-9-14-7-5-6-8-16(14)17(15)20/h5-10,13,19-20H,11-12H2,1-4H3. The van der Waals surface area contributed by atoms with Crippen molar-refractivity contribution in [2.75, 3.05) is 6.54 Å². The monoisotopic (exact) mass is 271 g/mol. The molecule has 0 aliphatic heterocycles. The van der Waals surface area contributed by atoms with Crippen LogP contribution in [0.2, 0.25) is 0 Å². The number of rotatable bonds is 4. The van der Waals surface area contributed by atoms with Crippen LogP contribution in [0, 0.1) is 5.41 Å². The van der Waals surface area contributed by atoms with Crippen molar-refractivity contribution in [3.05, 3.63) is 42.0 Å². The summed E-state index contributed by atoms with van der Waals surface area (Å²) in [4.78, 5) is 0. The van der Waals surface area contributed by atoms with Crippen LogP contribution in [0.25, 0.3) is 10.8 Å². The summed E-state index contributed by atoms with van der Waals surface area (Å²) in [6, 6.07) is 12.2. The van der Waals surface area contributed by atoms with Gasteiger partial charge in [-0.1, -0.05) is 57.2 Å². The van der Waals surface area contributed by atoms with Crippen molar-refractivity contribution in [3.8, 4) is 5.75 Å². The number of phenols is 1. The maximum Gasteiger partial charge on any atom is 0.128 e. The van der Waals surface area contributed by atoms with Gasteiger partial charge >= 0.3 is 0 Å². The molecule has 2 rings (SSSR count). The molecule has 0 radical (unpaired) electrons. The summed E-state index contributed by atoms with van der Waals surface area (Å²) in [5.41, 5.74) is 1.30. The highest BCUT2D eigenvalue weighted by Crippen LogP contribution is 2.32. The second-order valence-electron chi connectivity index (χ2n) is 6.71. The van der Waals surface area contributed by atoms with E-state index in [4.69, 9.17) is 0 Å². The first-order chi connectivity index (χ1) is 9.38. The van der Waals surface area contributed by atoms with E-state index in [0.717, 1.165) is 29.3 Å². The van der Waals surface area contributed by atoms with Gasteiger partial charge in [-0.25, -0.2) is 0 Å². The number of benzene rings is 2. The molecule has 108 valence electrons. The number of hydrogen-bond donors (Lipinski definition) is 2. The number of nitrogens with one attached hydrogen (secondary N) is 1. The molecule has 2 nitrogen and oxygen atoms in total. The van der Waals surface area contributed by atoms with Crippen molar-refractivity contribution in [1.82, 2.24) is 5.32 Å². The molecular formula is C18H25NO. The summed E-state index contributed by atoms with van der Waals surface area (Å²) in [5, 5.41) is 15.9.